The van der Waals surface area contributed by atoms with E-state index in [0.29, 0.717) is 0 Å². The molecule has 0 bridgehead atoms. The summed E-state index contributed by atoms with van der Waals surface area (Å²) < 4.78 is 4.89. The molecule has 0 atom stereocenters. The van der Waals surface area contributed by atoms with Crippen LogP contribution in [0.2, 0.25) is 0 Å². The molecule has 0 spiro atoms. The molecular weight excluding hydrogens is 282 g/mol. The van der Waals surface area contributed by atoms with Crippen molar-refractivity contribution in [1.82, 2.24) is 0 Å². The molecule has 0 saturated heterocycles. The zero-order chi connectivity index (χ0) is 7.82. The van der Waals surface area contributed by atoms with Crippen LogP contribution in [0.15, 0.2) is 24.3 Å². The molecule has 0 aliphatic heterocycles. The fourth-order valence-electron chi connectivity index (χ4n) is 0.508. The zero-order valence-electron chi connectivity index (χ0n) is 5.47. The Hall–Kier alpha value is 0.269. The molecule has 0 N–H and O–H groups in total. The van der Waals surface area contributed by atoms with Gasteiger partial charge in [0.15, 0.2) is 0 Å². The van der Waals surface area contributed by atoms with E-state index in [1.165, 1.54) is 0 Å². The fourth-order valence-corrected chi connectivity index (χ4v) is 0.508. The van der Waals surface area contributed by atoms with E-state index < -0.39 is 0 Å². The van der Waals surface area contributed by atoms with Gasteiger partial charge in [-0.1, -0.05) is 0 Å². The van der Waals surface area contributed by atoms with Gasteiger partial charge in [-0.3, -0.25) is 0 Å². The van der Waals surface area contributed by atoms with Crippen LogP contribution in [0.5, 0.6) is 5.75 Å². The van der Waals surface area contributed by atoms with Crippen LogP contribution in [-0.4, -0.2) is 7.11 Å². The normalized spacial score (nSPS) is 7.40. The second-order valence-corrected chi connectivity index (χ2v) is 1.44. The Kier molecular flexibility index (Phi) is 7.58. The molecule has 0 unspecified atom stereocenters. The molecule has 1 aromatic rings. The van der Waals surface area contributed by atoms with Gasteiger partial charge in [-0.2, -0.15) is 18.2 Å². The number of hydrogen-bond acceptors (Lipinski definition) is 1. The van der Waals surface area contributed by atoms with Crippen molar-refractivity contribution < 1.29 is 17.5 Å². The van der Waals surface area contributed by atoms with E-state index in [2.05, 4.69) is 18.8 Å². The van der Waals surface area contributed by atoms with Crippen molar-refractivity contribution in [3.8, 4) is 5.75 Å². The summed E-state index contributed by atoms with van der Waals surface area (Å²) in [6, 6.07) is 10.2. The summed E-state index contributed by atoms with van der Waals surface area (Å²) in [6.07, 6.45) is 0. The number of halogens is 1. The van der Waals surface area contributed by atoms with Crippen LogP contribution >= 0.6 is 20.3 Å². The molecule has 3 heteroatoms. The predicted octanol–water partition coefficient (Wildman–Crippen LogP) is 2.38. The molecule has 0 aliphatic carbocycles. The van der Waals surface area contributed by atoms with Crippen molar-refractivity contribution >= 4 is 20.3 Å². The molecule has 55 valence electrons. The number of benzene rings is 1. The molecular formula is C7H7IMnO. The van der Waals surface area contributed by atoms with E-state index in [1.54, 1.807) is 7.11 Å². The third-order valence-electron chi connectivity index (χ3n) is 0.923. The molecule has 0 aromatic heterocycles. The van der Waals surface area contributed by atoms with Gasteiger partial charge >= 0.3 is 33.1 Å². The number of hydrogen-bond donors (Lipinski definition) is 0. The Morgan fingerprint density at radius 1 is 1.40 bits per heavy atom. The van der Waals surface area contributed by atoms with Gasteiger partial charge in [0.25, 0.3) is 0 Å². The summed E-state index contributed by atoms with van der Waals surface area (Å²) in [4.78, 5) is 0. The molecule has 1 aromatic carbocycles. The van der Waals surface area contributed by atoms with E-state index in [-0.39, 0.29) is 0 Å². The predicted molar refractivity (Wildman–Crippen MR) is 45.9 cm³/mol. The van der Waals surface area contributed by atoms with Gasteiger partial charge in [0.1, 0.15) is 0 Å². The summed E-state index contributed by atoms with van der Waals surface area (Å²) in [5.41, 5.74) is 0. The SMILES string of the molecule is COc1cc[c-]cc1.[Mn+][I]. The van der Waals surface area contributed by atoms with Crippen LogP contribution in [0.1, 0.15) is 0 Å². The van der Waals surface area contributed by atoms with Crippen molar-refractivity contribution in [1.29, 1.82) is 0 Å². The average Bonchev–Trinajstić information content (AvgIpc) is 2.10. The van der Waals surface area contributed by atoms with Gasteiger partial charge < -0.3 is 4.74 Å². The maximum absolute atomic E-state index is 4.89. The van der Waals surface area contributed by atoms with Crippen molar-refractivity contribution in [3.63, 3.8) is 0 Å². The first-order valence-corrected chi connectivity index (χ1v) is 6.38. The fraction of sp³-hybridized carbons (Fsp3) is 0.143. The van der Waals surface area contributed by atoms with Crippen molar-refractivity contribution in [2.24, 2.45) is 0 Å². The van der Waals surface area contributed by atoms with Crippen LogP contribution in [0.3, 0.4) is 0 Å². The molecule has 0 aliphatic rings. The summed E-state index contributed by atoms with van der Waals surface area (Å²) in [5.74, 6) is 0.878. The Balaban J connectivity index is 0.000000371. The molecule has 1 rings (SSSR count). The van der Waals surface area contributed by atoms with Gasteiger partial charge in [-0.15, -0.1) is 12.1 Å². The van der Waals surface area contributed by atoms with Crippen molar-refractivity contribution in [2.45, 2.75) is 0 Å². The van der Waals surface area contributed by atoms with Crippen molar-refractivity contribution in [2.75, 3.05) is 7.11 Å². The van der Waals surface area contributed by atoms with E-state index in [0.717, 1.165) is 5.75 Å². The van der Waals surface area contributed by atoms with E-state index in [4.69, 9.17) is 4.74 Å². The molecule has 0 fully saturated rings. The molecule has 0 radical (unpaired) electrons. The number of rotatable bonds is 1. The van der Waals surface area contributed by atoms with Crippen LogP contribution < -0.4 is 4.74 Å². The van der Waals surface area contributed by atoms with Gasteiger partial charge in [0, 0.05) is 5.75 Å². The van der Waals surface area contributed by atoms with E-state index in [1.807, 2.05) is 44.6 Å². The number of methoxy groups -OCH3 is 1. The van der Waals surface area contributed by atoms with E-state index >= 15 is 0 Å². The summed E-state index contributed by atoms with van der Waals surface area (Å²) in [7, 11) is 1.65. The first-order chi connectivity index (χ1) is 4.93. The topological polar surface area (TPSA) is 9.23 Å². The molecule has 1 nitrogen and oxygen atoms in total. The molecule has 0 saturated carbocycles. The summed E-state index contributed by atoms with van der Waals surface area (Å²) >= 11 is 4.87. The number of ether oxygens (including phenoxy) is 1. The summed E-state index contributed by atoms with van der Waals surface area (Å²) in [6.45, 7) is 0. The van der Waals surface area contributed by atoms with Crippen LogP contribution in [-0.2, 0) is 12.8 Å². The van der Waals surface area contributed by atoms with E-state index in [9.17, 15) is 0 Å². The van der Waals surface area contributed by atoms with Gasteiger partial charge in [0.05, 0.1) is 7.11 Å². The minimum atomic E-state index is 0.878. The Labute approximate surface area is 80.7 Å². The Morgan fingerprint density at radius 3 is 2.20 bits per heavy atom. The van der Waals surface area contributed by atoms with Crippen molar-refractivity contribution in [3.05, 3.63) is 30.3 Å². The third-order valence-corrected chi connectivity index (χ3v) is 0.923. The standard InChI is InChI=1S/C7H7O.HI.Mn/c1-8-7-5-3-2-4-6-7;;/h3-6H,1H3;1H;/q-1;;+2/p-1. The minimum absolute atomic E-state index is 0.878. The maximum atomic E-state index is 4.89. The molecule has 0 amide bonds. The second kappa shape index (κ2) is 7.38. The zero-order valence-corrected chi connectivity index (χ0v) is 8.81. The Bertz CT molecular complexity index is 155. The third kappa shape index (κ3) is 4.14. The van der Waals surface area contributed by atoms with Crippen LogP contribution in [0.4, 0.5) is 0 Å². The summed E-state index contributed by atoms with van der Waals surface area (Å²) in [5, 5.41) is 0. The van der Waals surface area contributed by atoms with Gasteiger partial charge in [-0.05, 0) is 0 Å². The molecule has 10 heavy (non-hydrogen) atoms. The second-order valence-electron chi connectivity index (χ2n) is 1.44. The first-order valence-electron chi connectivity index (χ1n) is 2.58. The quantitative estimate of drug-likeness (QED) is 0.438. The first kappa shape index (κ1) is 10.3. The van der Waals surface area contributed by atoms with Crippen LogP contribution in [0, 0.1) is 6.07 Å². The molecule has 0 heterocycles. The van der Waals surface area contributed by atoms with Gasteiger partial charge in [-0.25, -0.2) is 0 Å². The van der Waals surface area contributed by atoms with Crippen LogP contribution in [0.25, 0.3) is 0 Å². The van der Waals surface area contributed by atoms with Gasteiger partial charge in [0.2, 0.25) is 0 Å². The Morgan fingerprint density at radius 2 is 1.90 bits per heavy atom. The monoisotopic (exact) mass is 289 g/mol. The average molecular weight is 289 g/mol.